The van der Waals surface area contributed by atoms with Gasteiger partial charge in [-0.3, -0.25) is 9.59 Å². The first-order valence-electron chi connectivity index (χ1n) is 6.58. The van der Waals surface area contributed by atoms with Crippen molar-refractivity contribution in [1.29, 1.82) is 0 Å². The average molecular weight is 294 g/mol. The van der Waals surface area contributed by atoms with Crippen LogP contribution in [0.2, 0.25) is 0 Å². The number of nitrogens with one attached hydrogen (secondary N) is 1. The largest absolute Gasteiger partial charge is 0.334 e. The molecule has 2 heterocycles. The topological polar surface area (TPSA) is 49.4 Å². The highest BCUT2D eigenvalue weighted by Crippen LogP contribution is 2.31. The predicted octanol–water partition coefficient (Wildman–Crippen LogP) is 2.10. The van der Waals surface area contributed by atoms with Crippen LogP contribution in [0.25, 0.3) is 0 Å². The van der Waals surface area contributed by atoms with Crippen molar-refractivity contribution in [2.24, 2.45) is 0 Å². The van der Waals surface area contributed by atoms with Crippen LogP contribution in [0.15, 0.2) is 18.2 Å². The second kappa shape index (κ2) is 5.09. The highest BCUT2D eigenvalue weighted by Gasteiger charge is 2.35. The Kier molecular flexibility index (Phi) is 3.41. The molecule has 2 aliphatic rings. The molecule has 106 valence electrons. The zero-order valence-electron chi connectivity index (χ0n) is 11.1. The SMILES string of the molecule is CC1c2cc(F)ccc2CCN1C(=O)C1CSC(=O)N1. The quantitative estimate of drug-likeness (QED) is 0.863. The fourth-order valence-electron chi connectivity index (χ4n) is 2.80. The fourth-order valence-corrected chi connectivity index (χ4v) is 3.57. The minimum atomic E-state index is -0.454. The second-order valence-corrected chi connectivity index (χ2v) is 6.09. The van der Waals surface area contributed by atoms with Crippen LogP contribution < -0.4 is 5.32 Å². The molecule has 2 amide bonds. The third kappa shape index (κ3) is 2.28. The van der Waals surface area contributed by atoms with Crippen molar-refractivity contribution in [3.63, 3.8) is 0 Å². The molecular formula is C14H15FN2O2S. The summed E-state index contributed by atoms with van der Waals surface area (Å²) in [6.45, 7) is 2.51. The smallest absolute Gasteiger partial charge is 0.279 e. The average Bonchev–Trinajstić information content (AvgIpc) is 2.86. The molecule has 0 aromatic heterocycles. The summed E-state index contributed by atoms with van der Waals surface area (Å²) in [4.78, 5) is 25.4. The molecule has 0 aliphatic carbocycles. The maximum atomic E-state index is 13.4. The normalized spacial score (nSPS) is 25.3. The molecule has 0 radical (unpaired) electrons. The third-order valence-electron chi connectivity index (χ3n) is 3.90. The van der Waals surface area contributed by atoms with Crippen LogP contribution in [0.5, 0.6) is 0 Å². The van der Waals surface area contributed by atoms with Gasteiger partial charge in [0.2, 0.25) is 5.91 Å². The zero-order valence-corrected chi connectivity index (χ0v) is 11.9. The molecule has 6 heteroatoms. The highest BCUT2D eigenvalue weighted by atomic mass is 32.2. The number of fused-ring (bicyclic) bond motifs is 1. The van der Waals surface area contributed by atoms with Crippen molar-refractivity contribution in [2.45, 2.75) is 25.4 Å². The van der Waals surface area contributed by atoms with Gasteiger partial charge in [0.15, 0.2) is 0 Å². The molecule has 0 spiro atoms. The molecule has 4 nitrogen and oxygen atoms in total. The van der Waals surface area contributed by atoms with Gasteiger partial charge in [0.05, 0.1) is 6.04 Å². The van der Waals surface area contributed by atoms with Crippen molar-refractivity contribution in [3.05, 3.63) is 35.1 Å². The van der Waals surface area contributed by atoms with Gasteiger partial charge in [-0.2, -0.15) is 0 Å². The van der Waals surface area contributed by atoms with E-state index in [4.69, 9.17) is 0 Å². The number of hydrogen-bond donors (Lipinski definition) is 1. The van der Waals surface area contributed by atoms with Crippen LogP contribution in [-0.4, -0.2) is 34.4 Å². The Hall–Kier alpha value is -1.56. The Morgan fingerprint density at radius 1 is 1.50 bits per heavy atom. The molecule has 1 fully saturated rings. The van der Waals surface area contributed by atoms with E-state index in [1.165, 1.54) is 12.1 Å². The summed E-state index contributed by atoms with van der Waals surface area (Å²) in [6.07, 6.45) is 0.722. The van der Waals surface area contributed by atoms with E-state index in [1.54, 1.807) is 11.0 Å². The third-order valence-corrected chi connectivity index (χ3v) is 4.78. The van der Waals surface area contributed by atoms with Gasteiger partial charge < -0.3 is 10.2 Å². The van der Waals surface area contributed by atoms with E-state index in [0.29, 0.717) is 12.3 Å². The number of carbonyl (C=O) groups is 2. The molecule has 2 aliphatic heterocycles. The summed E-state index contributed by atoms with van der Waals surface area (Å²) in [7, 11) is 0. The number of amides is 2. The lowest BCUT2D eigenvalue weighted by atomic mass is 9.93. The van der Waals surface area contributed by atoms with Crippen molar-refractivity contribution < 1.29 is 14.0 Å². The van der Waals surface area contributed by atoms with Gasteiger partial charge in [-0.25, -0.2) is 4.39 Å². The van der Waals surface area contributed by atoms with Crippen molar-refractivity contribution >= 4 is 22.9 Å². The molecule has 1 N–H and O–H groups in total. The summed E-state index contributed by atoms with van der Waals surface area (Å²) in [6, 6.07) is 4.13. The van der Waals surface area contributed by atoms with Crippen molar-refractivity contribution in [2.75, 3.05) is 12.3 Å². The summed E-state index contributed by atoms with van der Waals surface area (Å²) >= 11 is 1.13. The number of nitrogens with zero attached hydrogens (tertiary/aromatic N) is 1. The lowest BCUT2D eigenvalue weighted by molar-refractivity contribution is -0.135. The molecule has 1 saturated heterocycles. The van der Waals surface area contributed by atoms with Gasteiger partial charge in [0.1, 0.15) is 11.9 Å². The Labute approximate surface area is 120 Å². The van der Waals surface area contributed by atoms with Gasteiger partial charge in [-0.15, -0.1) is 0 Å². The molecule has 0 saturated carbocycles. The van der Waals surface area contributed by atoms with Crippen LogP contribution >= 0.6 is 11.8 Å². The standard InChI is InChI=1S/C14H15FN2O2S/c1-8-11-6-10(15)3-2-9(11)4-5-17(8)13(18)12-7-20-14(19)16-12/h2-3,6,8,12H,4-5,7H2,1H3,(H,16,19). The maximum absolute atomic E-state index is 13.4. The number of benzene rings is 1. The number of carbonyl (C=O) groups excluding carboxylic acids is 2. The summed E-state index contributed by atoms with van der Waals surface area (Å²) in [5.74, 6) is 0.108. The molecule has 2 atom stereocenters. The minimum Gasteiger partial charge on any atom is -0.334 e. The first kappa shape index (κ1) is 13.4. The number of hydrogen-bond acceptors (Lipinski definition) is 3. The molecule has 1 aromatic carbocycles. The van der Waals surface area contributed by atoms with E-state index in [1.807, 2.05) is 6.92 Å². The van der Waals surface area contributed by atoms with E-state index >= 15 is 0 Å². The highest BCUT2D eigenvalue weighted by molar-refractivity contribution is 8.14. The molecule has 20 heavy (non-hydrogen) atoms. The predicted molar refractivity (Wildman–Crippen MR) is 75.0 cm³/mol. The Balaban J connectivity index is 1.82. The van der Waals surface area contributed by atoms with Crippen LogP contribution in [0.3, 0.4) is 0 Å². The van der Waals surface area contributed by atoms with Gasteiger partial charge in [0, 0.05) is 12.3 Å². The van der Waals surface area contributed by atoms with Crippen LogP contribution in [-0.2, 0) is 11.2 Å². The Morgan fingerprint density at radius 3 is 3.00 bits per heavy atom. The summed E-state index contributed by atoms with van der Waals surface area (Å²) in [5.41, 5.74) is 1.95. The van der Waals surface area contributed by atoms with E-state index in [0.717, 1.165) is 29.3 Å². The number of rotatable bonds is 1. The van der Waals surface area contributed by atoms with Gasteiger partial charge in [-0.1, -0.05) is 17.8 Å². The molecule has 1 aromatic rings. The van der Waals surface area contributed by atoms with Crippen LogP contribution in [0.4, 0.5) is 9.18 Å². The lowest BCUT2D eigenvalue weighted by Gasteiger charge is -2.36. The molecule has 0 bridgehead atoms. The maximum Gasteiger partial charge on any atom is 0.279 e. The van der Waals surface area contributed by atoms with E-state index < -0.39 is 6.04 Å². The zero-order chi connectivity index (χ0) is 14.3. The first-order valence-corrected chi connectivity index (χ1v) is 7.57. The van der Waals surface area contributed by atoms with Crippen molar-refractivity contribution in [3.8, 4) is 0 Å². The molecular weight excluding hydrogens is 279 g/mol. The van der Waals surface area contributed by atoms with E-state index in [-0.39, 0.29) is 23.0 Å². The fraction of sp³-hybridized carbons (Fsp3) is 0.429. The Bertz CT molecular complexity index is 578. The molecule has 3 rings (SSSR count). The second-order valence-electron chi connectivity index (χ2n) is 5.10. The van der Waals surface area contributed by atoms with Crippen LogP contribution in [0, 0.1) is 5.82 Å². The van der Waals surface area contributed by atoms with Gasteiger partial charge in [-0.05, 0) is 36.6 Å². The Morgan fingerprint density at radius 2 is 2.30 bits per heavy atom. The monoisotopic (exact) mass is 294 g/mol. The van der Waals surface area contributed by atoms with Gasteiger partial charge >= 0.3 is 0 Å². The first-order chi connectivity index (χ1) is 9.56. The summed E-state index contributed by atoms with van der Waals surface area (Å²) < 4.78 is 13.4. The minimum absolute atomic E-state index is 0.0780. The summed E-state index contributed by atoms with van der Waals surface area (Å²) in [5, 5.41) is 2.51. The number of thioether (sulfide) groups is 1. The van der Waals surface area contributed by atoms with Crippen molar-refractivity contribution in [1.82, 2.24) is 10.2 Å². The van der Waals surface area contributed by atoms with E-state index in [2.05, 4.69) is 5.32 Å². The van der Waals surface area contributed by atoms with Gasteiger partial charge in [0.25, 0.3) is 5.24 Å². The lowest BCUT2D eigenvalue weighted by Crippen LogP contribution is -2.48. The van der Waals surface area contributed by atoms with E-state index in [9.17, 15) is 14.0 Å². The number of halogens is 1. The molecule has 2 unspecified atom stereocenters. The van der Waals surface area contributed by atoms with Crippen LogP contribution in [0.1, 0.15) is 24.1 Å².